The van der Waals surface area contributed by atoms with Crippen molar-refractivity contribution in [3.05, 3.63) is 65.5 Å². The zero-order chi connectivity index (χ0) is 18.5. The van der Waals surface area contributed by atoms with Gasteiger partial charge in [-0.2, -0.15) is 0 Å². The number of anilines is 1. The highest BCUT2D eigenvalue weighted by molar-refractivity contribution is 5.95. The van der Waals surface area contributed by atoms with Crippen LogP contribution in [0.2, 0.25) is 0 Å². The Morgan fingerprint density at radius 3 is 2.65 bits per heavy atom. The molecular weight excluding hydrogens is 331 g/mol. The number of likely N-dealkylation sites (N-methyl/N-ethyl adjacent to an activating group) is 1. The Balaban J connectivity index is 1.66. The minimum Gasteiger partial charge on any atom is -0.371 e. The van der Waals surface area contributed by atoms with Gasteiger partial charge in [0.25, 0.3) is 0 Å². The number of para-hydroxylation sites is 1. The van der Waals surface area contributed by atoms with Crippen LogP contribution < -0.4 is 4.90 Å². The molecule has 2 aromatic carbocycles. The van der Waals surface area contributed by atoms with E-state index in [-0.39, 0.29) is 17.8 Å². The van der Waals surface area contributed by atoms with Crippen molar-refractivity contribution in [2.24, 2.45) is 0 Å². The summed E-state index contributed by atoms with van der Waals surface area (Å²) in [4.78, 5) is 16.8. The van der Waals surface area contributed by atoms with Crippen molar-refractivity contribution in [1.29, 1.82) is 0 Å². The van der Waals surface area contributed by atoms with Crippen molar-refractivity contribution >= 4 is 11.6 Å². The Kier molecular flexibility index (Phi) is 6.01. The summed E-state index contributed by atoms with van der Waals surface area (Å²) in [7, 11) is 0. The average Bonchev–Trinajstić information content (AvgIpc) is 2.65. The van der Waals surface area contributed by atoms with Crippen molar-refractivity contribution in [2.45, 2.75) is 20.0 Å². The second kappa shape index (κ2) is 8.43. The lowest BCUT2D eigenvalue weighted by atomic mass is 10.1. The van der Waals surface area contributed by atoms with Crippen molar-refractivity contribution in [2.75, 3.05) is 37.7 Å². The number of ether oxygens (including phenoxy) is 1. The second-order valence-electron chi connectivity index (χ2n) is 6.57. The first-order chi connectivity index (χ1) is 12.6. The van der Waals surface area contributed by atoms with Crippen LogP contribution in [-0.4, -0.2) is 43.6 Å². The quantitative estimate of drug-likeness (QED) is 0.821. The van der Waals surface area contributed by atoms with E-state index in [2.05, 4.69) is 4.90 Å². The van der Waals surface area contributed by atoms with Crippen LogP contribution in [0.15, 0.2) is 48.5 Å². The fraction of sp³-hybridized carbons (Fsp3) is 0.381. The fourth-order valence-electron chi connectivity index (χ4n) is 3.35. The Bertz CT molecular complexity index is 748. The van der Waals surface area contributed by atoms with E-state index in [9.17, 15) is 9.18 Å². The van der Waals surface area contributed by atoms with Crippen LogP contribution in [0.25, 0.3) is 0 Å². The van der Waals surface area contributed by atoms with Gasteiger partial charge in [-0.05, 0) is 43.2 Å². The normalized spacial score (nSPS) is 17.9. The largest absolute Gasteiger partial charge is 0.371 e. The van der Waals surface area contributed by atoms with Crippen LogP contribution in [0.5, 0.6) is 0 Å². The Morgan fingerprint density at radius 2 is 1.96 bits per heavy atom. The van der Waals surface area contributed by atoms with E-state index < -0.39 is 0 Å². The molecule has 0 spiro atoms. The summed E-state index contributed by atoms with van der Waals surface area (Å²) < 4.78 is 18.9. The number of benzene rings is 2. The van der Waals surface area contributed by atoms with Gasteiger partial charge in [-0.15, -0.1) is 0 Å². The lowest BCUT2D eigenvalue weighted by Gasteiger charge is -2.34. The molecule has 0 radical (unpaired) electrons. The van der Waals surface area contributed by atoms with Gasteiger partial charge in [0.1, 0.15) is 5.82 Å². The van der Waals surface area contributed by atoms with Gasteiger partial charge in [-0.1, -0.05) is 30.3 Å². The van der Waals surface area contributed by atoms with Gasteiger partial charge in [-0.3, -0.25) is 9.69 Å². The number of halogens is 1. The number of aryl methyl sites for hydroxylation is 1. The van der Waals surface area contributed by atoms with E-state index in [4.69, 9.17) is 4.74 Å². The van der Waals surface area contributed by atoms with Gasteiger partial charge < -0.3 is 9.64 Å². The smallest absolute Gasteiger partial charge is 0.241 e. The van der Waals surface area contributed by atoms with Gasteiger partial charge in [0, 0.05) is 25.3 Å². The van der Waals surface area contributed by atoms with E-state index in [1.54, 1.807) is 12.1 Å². The van der Waals surface area contributed by atoms with Crippen LogP contribution in [0.3, 0.4) is 0 Å². The van der Waals surface area contributed by atoms with Crippen molar-refractivity contribution in [1.82, 2.24) is 4.90 Å². The first-order valence-electron chi connectivity index (χ1n) is 9.04. The highest BCUT2D eigenvalue weighted by Crippen LogP contribution is 2.23. The maximum Gasteiger partial charge on any atom is 0.241 e. The molecule has 0 bridgehead atoms. The summed E-state index contributed by atoms with van der Waals surface area (Å²) >= 11 is 0. The molecule has 0 aromatic heterocycles. The third-order valence-corrected chi connectivity index (χ3v) is 4.77. The van der Waals surface area contributed by atoms with E-state index in [1.807, 2.05) is 43.0 Å². The SMILES string of the molecule is CCN(C(=O)CN1CCOC(c2ccc(F)cc2)C1)c1ccccc1C. The van der Waals surface area contributed by atoms with Gasteiger partial charge in [0.2, 0.25) is 5.91 Å². The lowest BCUT2D eigenvalue weighted by Crippen LogP contribution is -2.45. The highest BCUT2D eigenvalue weighted by atomic mass is 19.1. The van der Waals surface area contributed by atoms with Gasteiger partial charge in [-0.25, -0.2) is 4.39 Å². The molecule has 138 valence electrons. The maximum atomic E-state index is 13.1. The van der Waals surface area contributed by atoms with Crippen LogP contribution in [0.1, 0.15) is 24.2 Å². The zero-order valence-electron chi connectivity index (χ0n) is 15.3. The average molecular weight is 356 g/mol. The molecule has 1 amide bonds. The van der Waals surface area contributed by atoms with E-state index in [1.165, 1.54) is 12.1 Å². The van der Waals surface area contributed by atoms with E-state index >= 15 is 0 Å². The standard InChI is InChI=1S/C21H25FN2O2/c1-3-24(19-7-5-4-6-16(19)2)21(25)15-23-12-13-26-20(14-23)17-8-10-18(22)11-9-17/h4-11,20H,3,12-15H2,1-2H3. The molecule has 1 saturated heterocycles. The van der Waals surface area contributed by atoms with Gasteiger partial charge in [0.15, 0.2) is 0 Å². The molecule has 1 aliphatic rings. The summed E-state index contributed by atoms with van der Waals surface area (Å²) in [6.07, 6.45) is -0.134. The summed E-state index contributed by atoms with van der Waals surface area (Å²) in [5, 5.41) is 0. The third kappa shape index (κ3) is 4.29. The molecule has 1 heterocycles. The van der Waals surface area contributed by atoms with Crippen molar-refractivity contribution in [3.8, 4) is 0 Å². The maximum absolute atomic E-state index is 13.1. The van der Waals surface area contributed by atoms with Gasteiger partial charge in [0.05, 0.1) is 19.3 Å². The minimum absolute atomic E-state index is 0.0848. The van der Waals surface area contributed by atoms with Crippen LogP contribution in [-0.2, 0) is 9.53 Å². The molecule has 1 aliphatic heterocycles. The molecule has 0 aliphatic carbocycles. The molecule has 0 N–H and O–H groups in total. The number of hydrogen-bond acceptors (Lipinski definition) is 3. The first kappa shape index (κ1) is 18.5. The monoisotopic (exact) mass is 356 g/mol. The Morgan fingerprint density at radius 1 is 1.23 bits per heavy atom. The number of amides is 1. The molecule has 0 saturated carbocycles. The third-order valence-electron chi connectivity index (χ3n) is 4.77. The molecule has 1 atom stereocenters. The lowest BCUT2D eigenvalue weighted by molar-refractivity contribution is -0.121. The van der Waals surface area contributed by atoms with Crippen LogP contribution >= 0.6 is 0 Å². The number of carbonyl (C=O) groups is 1. The molecular formula is C21H25FN2O2. The molecule has 5 heteroatoms. The number of rotatable bonds is 5. The Hall–Kier alpha value is -2.24. The second-order valence-corrected chi connectivity index (χ2v) is 6.57. The highest BCUT2D eigenvalue weighted by Gasteiger charge is 2.25. The van der Waals surface area contributed by atoms with Crippen molar-refractivity contribution in [3.63, 3.8) is 0 Å². The number of nitrogens with zero attached hydrogens (tertiary/aromatic N) is 2. The number of hydrogen-bond donors (Lipinski definition) is 0. The first-order valence-corrected chi connectivity index (χ1v) is 9.04. The van der Waals surface area contributed by atoms with Crippen molar-refractivity contribution < 1.29 is 13.9 Å². The fourth-order valence-corrected chi connectivity index (χ4v) is 3.35. The summed E-state index contributed by atoms with van der Waals surface area (Å²) in [6.45, 7) is 6.90. The number of morpholine rings is 1. The van der Waals surface area contributed by atoms with E-state index in [0.29, 0.717) is 26.2 Å². The zero-order valence-corrected chi connectivity index (χ0v) is 15.3. The Labute approximate surface area is 154 Å². The summed E-state index contributed by atoms with van der Waals surface area (Å²) in [6, 6.07) is 14.3. The number of carbonyl (C=O) groups excluding carboxylic acids is 1. The molecule has 4 nitrogen and oxygen atoms in total. The molecule has 1 unspecified atom stereocenters. The van der Waals surface area contributed by atoms with Gasteiger partial charge >= 0.3 is 0 Å². The topological polar surface area (TPSA) is 32.8 Å². The predicted molar refractivity (Wildman–Crippen MR) is 101 cm³/mol. The summed E-state index contributed by atoms with van der Waals surface area (Å²) in [5.74, 6) is -0.171. The van der Waals surface area contributed by atoms with Crippen LogP contribution in [0, 0.1) is 12.7 Å². The summed E-state index contributed by atoms with van der Waals surface area (Å²) in [5.41, 5.74) is 2.99. The predicted octanol–water partition coefficient (Wildman–Crippen LogP) is 3.56. The molecule has 26 heavy (non-hydrogen) atoms. The molecule has 1 fully saturated rings. The van der Waals surface area contributed by atoms with E-state index in [0.717, 1.165) is 23.4 Å². The van der Waals surface area contributed by atoms with Crippen LogP contribution in [0.4, 0.5) is 10.1 Å². The molecule has 3 rings (SSSR count). The minimum atomic E-state index is -0.256. The molecule has 2 aromatic rings.